The molecule has 0 unspecified atom stereocenters. The monoisotopic (exact) mass is 436 g/mol. The van der Waals surface area contributed by atoms with Crippen molar-refractivity contribution < 1.29 is 4.42 Å². The lowest BCUT2D eigenvalue weighted by molar-refractivity contribution is 0.669. The molecule has 0 aliphatic heterocycles. The average molecular weight is 437 g/mol. The van der Waals surface area contributed by atoms with Gasteiger partial charge >= 0.3 is 0 Å². The van der Waals surface area contributed by atoms with E-state index in [4.69, 9.17) is 4.42 Å². The van der Waals surface area contributed by atoms with Gasteiger partial charge in [-0.05, 0) is 69.6 Å². The van der Waals surface area contributed by atoms with Crippen molar-refractivity contribution in [3.8, 4) is 22.3 Å². The summed E-state index contributed by atoms with van der Waals surface area (Å²) in [6, 6.07) is 42.6. The molecule has 0 amide bonds. The maximum Gasteiger partial charge on any atom is 0.135 e. The van der Waals surface area contributed by atoms with E-state index in [0.29, 0.717) is 0 Å². The predicted octanol–water partition coefficient (Wildman–Crippen LogP) is 9.18. The minimum Gasteiger partial charge on any atom is -0.456 e. The van der Waals surface area contributed by atoms with E-state index in [2.05, 4.69) is 116 Å². The first-order valence-corrected chi connectivity index (χ1v) is 11.6. The molecule has 1 heteroatoms. The average Bonchev–Trinajstić information content (AvgIpc) is 3.27. The van der Waals surface area contributed by atoms with Gasteiger partial charge in [0, 0.05) is 10.8 Å². The third-order valence-corrected chi connectivity index (χ3v) is 6.46. The van der Waals surface area contributed by atoms with E-state index in [1.807, 2.05) is 12.1 Å². The molecule has 0 N–H and O–H groups in total. The second-order valence-electron chi connectivity index (χ2n) is 8.73. The molecule has 0 spiro atoms. The van der Waals surface area contributed by atoms with Crippen molar-refractivity contribution in [2.24, 2.45) is 0 Å². The lowest BCUT2D eigenvalue weighted by Crippen LogP contribution is -1.89. The summed E-state index contributed by atoms with van der Waals surface area (Å²) < 4.78 is 6.13. The van der Waals surface area contributed by atoms with E-state index >= 15 is 0 Å². The molecule has 0 radical (unpaired) electrons. The summed E-state index contributed by atoms with van der Waals surface area (Å²) >= 11 is 0. The molecular weight excluding hydrogens is 412 g/mol. The van der Waals surface area contributed by atoms with Crippen LogP contribution >= 0.6 is 0 Å². The summed E-state index contributed by atoms with van der Waals surface area (Å²) in [5.74, 6) is 0. The van der Waals surface area contributed by atoms with Crippen LogP contribution in [0.2, 0.25) is 0 Å². The zero-order valence-corrected chi connectivity index (χ0v) is 18.9. The van der Waals surface area contributed by atoms with Gasteiger partial charge in [0.15, 0.2) is 0 Å². The van der Waals surface area contributed by atoms with E-state index < -0.39 is 0 Å². The molecule has 1 heterocycles. The standard InChI is InChI=1S/C33H24O/c1-23(20-24-8-4-2-5-9-24)25-12-14-27(15-13-25)29-17-19-33-31(22-29)30-21-28(16-18-32(30)34-33)26-10-6-3-7-11-26/h2-19,21-22H,1,20H2. The highest BCUT2D eigenvalue weighted by Crippen LogP contribution is 2.35. The number of furan rings is 1. The molecule has 0 aliphatic rings. The van der Waals surface area contributed by atoms with Crippen molar-refractivity contribution in [2.45, 2.75) is 6.42 Å². The maximum absolute atomic E-state index is 6.13. The van der Waals surface area contributed by atoms with Crippen LogP contribution in [0.25, 0.3) is 49.8 Å². The lowest BCUT2D eigenvalue weighted by atomic mass is 9.96. The van der Waals surface area contributed by atoms with Crippen molar-refractivity contribution >= 4 is 27.5 Å². The van der Waals surface area contributed by atoms with Crippen molar-refractivity contribution in [2.75, 3.05) is 0 Å². The molecule has 0 aliphatic carbocycles. The van der Waals surface area contributed by atoms with Gasteiger partial charge < -0.3 is 4.42 Å². The molecule has 5 aromatic carbocycles. The zero-order chi connectivity index (χ0) is 22.9. The molecule has 6 rings (SSSR count). The summed E-state index contributed by atoms with van der Waals surface area (Å²) in [7, 11) is 0. The van der Waals surface area contributed by atoms with E-state index in [0.717, 1.165) is 33.9 Å². The van der Waals surface area contributed by atoms with Crippen LogP contribution in [-0.2, 0) is 6.42 Å². The Hall–Kier alpha value is -4.36. The Labute approximate surface area is 199 Å². The Kier molecular flexibility index (Phi) is 5.08. The third kappa shape index (κ3) is 3.82. The molecule has 6 aromatic rings. The van der Waals surface area contributed by atoms with E-state index in [-0.39, 0.29) is 0 Å². The summed E-state index contributed by atoms with van der Waals surface area (Å²) in [6.45, 7) is 4.31. The first kappa shape index (κ1) is 20.3. The second-order valence-corrected chi connectivity index (χ2v) is 8.73. The Morgan fingerprint density at radius 3 is 1.62 bits per heavy atom. The highest BCUT2D eigenvalue weighted by Gasteiger charge is 2.10. The summed E-state index contributed by atoms with van der Waals surface area (Å²) in [6.07, 6.45) is 0.858. The lowest BCUT2D eigenvalue weighted by Gasteiger charge is -2.08. The number of hydrogen-bond acceptors (Lipinski definition) is 1. The number of hydrogen-bond donors (Lipinski definition) is 0. The molecule has 1 nitrogen and oxygen atoms in total. The smallest absolute Gasteiger partial charge is 0.135 e. The van der Waals surface area contributed by atoms with Gasteiger partial charge in [0.05, 0.1) is 0 Å². The van der Waals surface area contributed by atoms with Crippen LogP contribution in [0.3, 0.4) is 0 Å². The fourth-order valence-electron chi connectivity index (χ4n) is 4.61. The largest absolute Gasteiger partial charge is 0.456 e. The Morgan fingerprint density at radius 1 is 0.529 bits per heavy atom. The second kappa shape index (κ2) is 8.53. The van der Waals surface area contributed by atoms with Crippen LogP contribution in [0.1, 0.15) is 11.1 Å². The summed E-state index contributed by atoms with van der Waals surface area (Å²) in [5, 5.41) is 2.29. The van der Waals surface area contributed by atoms with Crippen LogP contribution in [-0.4, -0.2) is 0 Å². The minimum absolute atomic E-state index is 0.858. The number of fused-ring (bicyclic) bond motifs is 3. The molecule has 0 atom stereocenters. The van der Waals surface area contributed by atoms with E-state index in [1.54, 1.807) is 0 Å². The number of benzene rings is 5. The predicted molar refractivity (Wildman–Crippen MR) is 144 cm³/mol. The molecule has 162 valence electrons. The number of allylic oxidation sites excluding steroid dienone is 1. The van der Waals surface area contributed by atoms with Crippen molar-refractivity contribution in [1.82, 2.24) is 0 Å². The molecule has 0 saturated heterocycles. The first-order chi connectivity index (χ1) is 16.7. The quantitative estimate of drug-likeness (QED) is 0.262. The molecule has 0 saturated carbocycles. The van der Waals surface area contributed by atoms with Gasteiger partial charge in [-0.1, -0.05) is 104 Å². The SMILES string of the molecule is C=C(Cc1ccccc1)c1ccc(-c2ccc3oc4ccc(-c5ccccc5)cc4c3c2)cc1. The summed E-state index contributed by atoms with van der Waals surface area (Å²) in [5.41, 5.74) is 10.2. The Balaban J connectivity index is 1.33. The van der Waals surface area contributed by atoms with Crippen LogP contribution in [0.5, 0.6) is 0 Å². The van der Waals surface area contributed by atoms with E-state index in [9.17, 15) is 0 Å². The Morgan fingerprint density at radius 2 is 1.03 bits per heavy atom. The normalized spacial score (nSPS) is 11.2. The van der Waals surface area contributed by atoms with Crippen molar-refractivity contribution in [3.63, 3.8) is 0 Å². The van der Waals surface area contributed by atoms with Crippen LogP contribution in [0, 0.1) is 0 Å². The van der Waals surface area contributed by atoms with Gasteiger partial charge in [0.25, 0.3) is 0 Å². The molecule has 0 fully saturated rings. The Bertz CT molecular complexity index is 1600. The first-order valence-electron chi connectivity index (χ1n) is 11.6. The number of rotatable bonds is 5. The van der Waals surface area contributed by atoms with Gasteiger partial charge in [-0.25, -0.2) is 0 Å². The highest BCUT2D eigenvalue weighted by atomic mass is 16.3. The topological polar surface area (TPSA) is 13.1 Å². The maximum atomic E-state index is 6.13. The van der Waals surface area contributed by atoms with Gasteiger partial charge in [-0.3, -0.25) is 0 Å². The fraction of sp³-hybridized carbons (Fsp3) is 0.0303. The third-order valence-electron chi connectivity index (χ3n) is 6.46. The van der Waals surface area contributed by atoms with Crippen LogP contribution in [0.15, 0.2) is 132 Å². The van der Waals surface area contributed by atoms with Gasteiger partial charge in [-0.2, -0.15) is 0 Å². The van der Waals surface area contributed by atoms with Crippen molar-refractivity contribution in [3.05, 3.63) is 139 Å². The van der Waals surface area contributed by atoms with E-state index in [1.165, 1.54) is 33.4 Å². The highest BCUT2D eigenvalue weighted by molar-refractivity contribution is 6.07. The van der Waals surface area contributed by atoms with Gasteiger partial charge in [-0.15, -0.1) is 0 Å². The van der Waals surface area contributed by atoms with Gasteiger partial charge in [0.2, 0.25) is 0 Å². The molecular formula is C33H24O. The van der Waals surface area contributed by atoms with Crippen LogP contribution < -0.4 is 0 Å². The van der Waals surface area contributed by atoms with Gasteiger partial charge in [0.1, 0.15) is 11.2 Å². The van der Waals surface area contributed by atoms with Crippen molar-refractivity contribution in [1.29, 1.82) is 0 Å². The van der Waals surface area contributed by atoms with Crippen LogP contribution in [0.4, 0.5) is 0 Å². The minimum atomic E-state index is 0.858. The molecule has 0 bridgehead atoms. The summed E-state index contributed by atoms with van der Waals surface area (Å²) in [4.78, 5) is 0. The fourth-order valence-corrected chi connectivity index (χ4v) is 4.61. The zero-order valence-electron chi connectivity index (χ0n) is 18.9. The molecule has 1 aromatic heterocycles. The molecule has 34 heavy (non-hydrogen) atoms.